The summed E-state index contributed by atoms with van der Waals surface area (Å²) in [7, 11) is 0. The van der Waals surface area contributed by atoms with Crippen LogP contribution in [0.15, 0.2) is 18.2 Å². The van der Waals surface area contributed by atoms with Gasteiger partial charge < -0.3 is 67.8 Å². The summed E-state index contributed by atoms with van der Waals surface area (Å²) in [4.78, 5) is 85.3. The van der Waals surface area contributed by atoms with Gasteiger partial charge in [0.2, 0.25) is 23.6 Å². The van der Waals surface area contributed by atoms with Crippen molar-refractivity contribution in [2.75, 3.05) is 157 Å². The highest BCUT2D eigenvalue weighted by Gasteiger charge is 2.45. The molecule has 66 heavy (non-hydrogen) atoms. The van der Waals surface area contributed by atoms with E-state index < -0.39 is 48.2 Å². The Balaban J connectivity index is 0.974. The third-order valence-electron chi connectivity index (χ3n) is 9.31. The van der Waals surface area contributed by atoms with Gasteiger partial charge in [0.05, 0.1) is 142 Å². The first kappa shape index (κ1) is 55.8. The molecule has 2 aliphatic heterocycles. The van der Waals surface area contributed by atoms with E-state index in [1.54, 1.807) is 12.1 Å². The number of aliphatic carboxylic acids is 1. The number of hydrogen-bond acceptors (Lipinski definition) is 18. The van der Waals surface area contributed by atoms with Crippen molar-refractivity contribution in [3.63, 3.8) is 0 Å². The van der Waals surface area contributed by atoms with Crippen LogP contribution in [0.25, 0.3) is 0 Å². The monoisotopic (exact) mass is 942 g/mol. The van der Waals surface area contributed by atoms with E-state index in [1.165, 1.54) is 6.07 Å². The Bertz CT molecular complexity index is 1620. The van der Waals surface area contributed by atoms with Gasteiger partial charge in [0.25, 0.3) is 11.8 Å². The molecule has 1 aromatic carbocycles. The number of carbonyl (C=O) groups excluding carboxylic acids is 6. The van der Waals surface area contributed by atoms with E-state index in [4.69, 9.17) is 52.5 Å². The zero-order valence-electron chi connectivity index (χ0n) is 37.6. The van der Waals surface area contributed by atoms with Crippen LogP contribution in [0.5, 0.6) is 0 Å². The molecular formula is C43H66N4O19. The summed E-state index contributed by atoms with van der Waals surface area (Å²) in [5, 5.41) is 15.9. The number of rotatable bonds is 42. The van der Waals surface area contributed by atoms with Crippen LogP contribution < -0.4 is 16.0 Å². The van der Waals surface area contributed by atoms with Crippen molar-refractivity contribution in [3.8, 4) is 0 Å². The van der Waals surface area contributed by atoms with Crippen LogP contribution in [-0.2, 0) is 76.1 Å². The standard InChI is InChI=1S/C43H66N4O19/c48-36(45-34-6-4-5-33-40(34)43(55)47(42(33)54)35-8-9-37(49)46-41(35)53)7-2-1-3-11-56-13-15-58-17-19-60-21-23-62-25-27-64-29-30-65-28-26-63-24-22-61-20-18-59-16-14-57-12-10-44-38(50)31-66-32-39(51)52/h4-6,35H,1-3,7-32H2,(H,44,50)(H,45,48)(H,51,52)(H,46,49,53). The number of unbranched alkanes of at least 4 members (excludes halogenated alkanes) is 2. The molecule has 1 unspecified atom stereocenters. The SMILES string of the molecule is O=C(O)COCC(=O)NCCOCCOCCOCCOCCOCCOCCOCCOCCOCCOCCCCCC(=O)Nc1cccc2c1C(=O)N(C1CCC(=O)NC1=O)C2=O. The van der Waals surface area contributed by atoms with Crippen LogP contribution >= 0.6 is 0 Å². The summed E-state index contributed by atoms with van der Waals surface area (Å²) >= 11 is 0. The number of carboxylic acid groups (broad SMARTS) is 1. The highest BCUT2D eigenvalue weighted by Crippen LogP contribution is 2.32. The van der Waals surface area contributed by atoms with Crippen LogP contribution in [0.1, 0.15) is 59.2 Å². The number of amides is 6. The number of nitrogens with zero attached hydrogens (tertiary/aromatic N) is 1. The normalized spacial score (nSPS) is 14.7. The summed E-state index contributed by atoms with van der Waals surface area (Å²) in [5.74, 6) is -4.30. The van der Waals surface area contributed by atoms with Crippen LogP contribution in [-0.4, -0.2) is 209 Å². The van der Waals surface area contributed by atoms with Gasteiger partial charge in [-0.1, -0.05) is 12.5 Å². The quantitative estimate of drug-likeness (QED) is 0.0495. The van der Waals surface area contributed by atoms with Crippen molar-refractivity contribution in [2.24, 2.45) is 0 Å². The van der Waals surface area contributed by atoms with Crippen LogP contribution in [0.4, 0.5) is 5.69 Å². The average Bonchev–Trinajstić information content (AvgIpc) is 3.54. The molecule has 1 atom stereocenters. The summed E-state index contributed by atoms with van der Waals surface area (Å²) in [6.07, 6.45) is 2.39. The maximum Gasteiger partial charge on any atom is 0.329 e. The lowest BCUT2D eigenvalue weighted by molar-refractivity contribution is -0.143. The molecule has 0 saturated carbocycles. The largest absolute Gasteiger partial charge is 0.480 e. The van der Waals surface area contributed by atoms with Crippen LogP contribution in [0, 0.1) is 0 Å². The summed E-state index contributed by atoms with van der Waals surface area (Å²) < 4.78 is 59.4. The minimum absolute atomic E-state index is 0.0212. The molecule has 2 aliphatic rings. The number of anilines is 1. The lowest BCUT2D eigenvalue weighted by atomic mass is 10.0. The third kappa shape index (κ3) is 24.3. The zero-order chi connectivity index (χ0) is 47.5. The van der Waals surface area contributed by atoms with Gasteiger partial charge in [-0.2, -0.15) is 0 Å². The molecule has 0 aliphatic carbocycles. The van der Waals surface area contributed by atoms with Gasteiger partial charge >= 0.3 is 5.97 Å². The molecule has 4 N–H and O–H groups in total. The fourth-order valence-electron chi connectivity index (χ4n) is 6.12. The Labute approximate surface area is 384 Å². The molecule has 1 saturated heterocycles. The second-order valence-corrected chi connectivity index (χ2v) is 14.4. The highest BCUT2D eigenvalue weighted by molar-refractivity contribution is 6.26. The minimum atomic E-state index is -1.13. The van der Waals surface area contributed by atoms with Crippen LogP contribution in [0.2, 0.25) is 0 Å². The molecular weight excluding hydrogens is 876 g/mol. The molecule has 0 bridgehead atoms. The van der Waals surface area contributed by atoms with Crippen molar-refractivity contribution in [2.45, 2.75) is 44.6 Å². The van der Waals surface area contributed by atoms with E-state index in [9.17, 15) is 33.6 Å². The summed E-state index contributed by atoms with van der Waals surface area (Å²) in [5.41, 5.74) is 0.358. The van der Waals surface area contributed by atoms with E-state index in [1.807, 2.05) is 0 Å². The fraction of sp³-hybridized carbons (Fsp3) is 0.698. The Kier molecular flexibility index (Phi) is 30.1. The second-order valence-electron chi connectivity index (χ2n) is 14.4. The number of hydrogen-bond donors (Lipinski definition) is 4. The summed E-state index contributed by atoms with van der Waals surface area (Å²) in [6, 6.07) is 3.50. The van der Waals surface area contributed by atoms with Gasteiger partial charge in [-0.3, -0.25) is 39.0 Å². The first-order valence-electron chi connectivity index (χ1n) is 22.2. The van der Waals surface area contributed by atoms with Gasteiger partial charge in [-0.25, -0.2) is 4.79 Å². The van der Waals surface area contributed by atoms with Crippen molar-refractivity contribution in [3.05, 3.63) is 29.3 Å². The predicted octanol–water partition coefficient (Wildman–Crippen LogP) is -0.0299. The van der Waals surface area contributed by atoms with Crippen molar-refractivity contribution in [1.29, 1.82) is 0 Å². The Morgan fingerprint density at radius 3 is 1.55 bits per heavy atom. The predicted molar refractivity (Wildman–Crippen MR) is 230 cm³/mol. The van der Waals surface area contributed by atoms with E-state index in [-0.39, 0.29) is 55.1 Å². The van der Waals surface area contributed by atoms with Crippen molar-refractivity contribution < 1.29 is 90.8 Å². The van der Waals surface area contributed by atoms with Crippen LogP contribution in [0.3, 0.4) is 0 Å². The molecule has 1 fully saturated rings. The highest BCUT2D eigenvalue weighted by atomic mass is 16.6. The maximum atomic E-state index is 13.2. The lowest BCUT2D eigenvalue weighted by Crippen LogP contribution is -2.54. The number of carbonyl (C=O) groups is 7. The number of fused-ring (bicyclic) bond motifs is 1. The smallest absolute Gasteiger partial charge is 0.329 e. The van der Waals surface area contributed by atoms with E-state index in [0.29, 0.717) is 139 Å². The molecule has 2 heterocycles. The molecule has 6 amide bonds. The van der Waals surface area contributed by atoms with E-state index in [2.05, 4.69) is 20.7 Å². The molecule has 23 nitrogen and oxygen atoms in total. The molecule has 0 spiro atoms. The van der Waals surface area contributed by atoms with Gasteiger partial charge in [0.15, 0.2) is 0 Å². The number of nitrogens with one attached hydrogen (secondary N) is 3. The maximum absolute atomic E-state index is 13.2. The zero-order valence-corrected chi connectivity index (χ0v) is 37.6. The molecule has 0 radical (unpaired) electrons. The number of piperidine rings is 1. The lowest BCUT2D eigenvalue weighted by Gasteiger charge is -2.27. The van der Waals surface area contributed by atoms with Crippen molar-refractivity contribution >= 4 is 47.1 Å². The van der Waals surface area contributed by atoms with E-state index in [0.717, 1.165) is 17.7 Å². The first-order valence-corrected chi connectivity index (χ1v) is 22.2. The van der Waals surface area contributed by atoms with Gasteiger partial charge in [-0.05, 0) is 31.4 Å². The first-order chi connectivity index (χ1) is 32.2. The number of ether oxygens (including phenoxy) is 11. The second kappa shape index (κ2) is 35.6. The van der Waals surface area contributed by atoms with E-state index >= 15 is 0 Å². The number of imide groups is 2. The minimum Gasteiger partial charge on any atom is -0.480 e. The molecule has 23 heteroatoms. The Morgan fingerprint density at radius 2 is 1.06 bits per heavy atom. The Morgan fingerprint density at radius 1 is 0.576 bits per heavy atom. The average molecular weight is 943 g/mol. The number of carboxylic acids is 1. The molecule has 372 valence electrons. The van der Waals surface area contributed by atoms with Crippen molar-refractivity contribution in [1.82, 2.24) is 15.5 Å². The molecule has 3 rings (SSSR count). The third-order valence-corrected chi connectivity index (χ3v) is 9.31. The van der Waals surface area contributed by atoms with Gasteiger partial charge in [-0.15, -0.1) is 0 Å². The molecule has 0 aromatic heterocycles. The molecule has 1 aromatic rings. The van der Waals surface area contributed by atoms with Gasteiger partial charge in [0, 0.05) is 26.0 Å². The summed E-state index contributed by atoms with van der Waals surface area (Å²) in [6.45, 7) is 8.00. The Hall–Kier alpha value is -4.53. The van der Waals surface area contributed by atoms with Gasteiger partial charge in [0.1, 0.15) is 19.3 Å². The fourth-order valence-corrected chi connectivity index (χ4v) is 6.12. The topological polar surface area (TPSA) is 281 Å². The number of benzene rings is 1.